The van der Waals surface area contributed by atoms with Crippen LogP contribution < -0.4 is 4.72 Å². The Morgan fingerprint density at radius 2 is 2.27 bits per heavy atom. The summed E-state index contributed by atoms with van der Waals surface area (Å²) in [6.07, 6.45) is 0.580. The highest BCUT2D eigenvalue weighted by Crippen LogP contribution is 2.08. The van der Waals surface area contributed by atoms with Crippen molar-refractivity contribution in [2.24, 2.45) is 0 Å². The van der Waals surface area contributed by atoms with E-state index in [1.54, 1.807) is 0 Å². The van der Waals surface area contributed by atoms with E-state index in [0.717, 1.165) is 4.88 Å². The Hall–Kier alpha value is -0.920. The minimum atomic E-state index is -3.68. The number of nitrogens with one attached hydrogen (secondary N) is 1. The Balaban J connectivity index is 2.34. The number of carboxylic acids is 1. The number of rotatable bonds is 6. The molecule has 84 valence electrons. The highest BCUT2D eigenvalue weighted by molar-refractivity contribution is 7.90. The van der Waals surface area contributed by atoms with Crippen molar-refractivity contribution in [3.05, 3.63) is 22.4 Å². The van der Waals surface area contributed by atoms with Gasteiger partial charge < -0.3 is 5.11 Å². The van der Waals surface area contributed by atoms with Crippen LogP contribution >= 0.6 is 11.3 Å². The second kappa shape index (κ2) is 5.24. The quantitative estimate of drug-likeness (QED) is 0.759. The molecule has 0 bridgehead atoms. The van der Waals surface area contributed by atoms with Gasteiger partial charge in [0.2, 0.25) is 10.0 Å². The normalized spacial score (nSPS) is 11.5. The monoisotopic (exact) mass is 249 g/mol. The maximum atomic E-state index is 11.1. The van der Waals surface area contributed by atoms with Crippen molar-refractivity contribution in [2.75, 3.05) is 12.3 Å². The average molecular weight is 249 g/mol. The molecule has 0 aliphatic heterocycles. The number of thiophene rings is 1. The highest BCUT2D eigenvalue weighted by Gasteiger charge is 2.14. The number of aliphatic carboxylic acids is 1. The van der Waals surface area contributed by atoms with Crippen LogP contribution in [0.25, 0.3) is 0 Å². The maximum absolute atomic E-state index is 11.1. The van der Waals surface area contributed by atoms with E-state index in [4.69, 9.17) is 5.11 Å². The molecule has 0 saturated heterocycles. The van der Waals surface area contributed by atoms with Crippen LogP contribution in [-0.2, 0) is 21.2 Å². The second-order valence-electron chi connectivity index (χ2n) is 2.88. The third kappa shape index (κ3) is 4.91. The smallest absolute Gasteiger partial charge is 0.320 e. The standard InChI is InChI=1S/C8H11NO4S2/c10-8(11)6-15(12,13)9-4-3-7-2-1-5-14-7/h1-2,5,9H,3-4,6H2,(H,10,11). The van der Waals surface area contributed by atoms with Crippen LogP contribution in [0.15, 0.2) is 17.5 Å². The summed E-state index contributed by atoms with van der Waals surface area (Å²) in [4.78, 5) is 11.3. The molecule has 0 aromatic carbocycles. The summed E-state index contributed by atoms with van der Waals surface area (Å²) >= 11 is 1.54. The molecular weight excluding hydrogens is 238 g/mol. The van der Waals surface area contributed by atoms with E-state index in [9.17, 15) is 13.2 Å². The maximum Gasteiger partial charge on any atom is 0.320 e. The van der Waals surface area contributed by atoms with Crippen molar-refractivity contribution in [3.63, 3.8) is 0 Å². The lowest BCUT2D eigenvalue weighted by atomic mass is 10.3. The molecule has 15 heavy (non-hydrogen) atoms. The van der Waals surface area contributed by atoms with Crippen LogP contribution in [0.1, 0.15) is 4.88 Å². The predicted octanol–water partition coefficient (Wildman–Crippen LogP) is 0.295. The first-order valence-corrected chi connectivity index (χ1v) is 6.74. The fourth-order valence-corrected chi connectivity index (χ4v) is 2.55. The number of carbonyl (C=O) groups is 1. The van der Waals surface area contributed by atoms with Gasteiger partial charge in [0.15, 0.2) is 5.75 Å². The summed E-state index contributed by atoms with van der Waals surface area (Å²) in [7, 11) is -3.68. The molecule has 1 aromatic rings. The van der Waals surface area contributed by atoms with E-state index in [1.807, 2.05) is 17.5 Å². The summed E-state index contributed by atoms with van der Waals surface area (Å²) in [5, 5.41) is 10.2. The van der Waals surface area contributed by atoms with Gasteiger partial charge in [0.1, 0.15) is 0 Å². The van der Waals surface area contributed by atoms with Crippen LogP contribution in [0.5, 0.6) is 0 Å². The van der Waals surface area contributed by atoms with Gasteiger partial charge in [-0.15, -0.1) is 11.3 Å². The molecule has 0 saturated carbocycles. The van der Waals surface area contributed by atoms with Crippen LogP contribution in [0, 0.1) is 0 Å². The van der Waals surface area contributed by atoms with Crippen LogP contribution in [-0.4, -0.2) is 31.8 Å². The van der Waals surface area contributed by atoms with Gasteiger partial charge >= 0.3 is 5.97 Å². The molecule has 0 atom stereocenters. The Kier molecular flexibility index (Phi) is 4.25. The van der Waals surface area contributed by atoms with Crippen LogP contribution in [0.3, 0.4) is 0 Å². The first kappa shape index (κ1) is 12.2. The lowest BCUT2D eigenvalue weighted by Crippen LogP contribution is -2.31. The molecule has 1 heterocycles. The molecule has 0 spiro atoms. The van der Waals surface area contributed by atoms with Crippen molar-refractivity contribution >= 4 is 27.3 Å². The summed E-state index contributed by atoms with van der Waals surface area (Å²) < 4.78 is 24.4. The molecule has 2 N–H and O–H groups in total. The van der Waals surface area contributed by atoms with E-state index >= 15 is 0 Å². The second-order valence-corrected chi connectivity index (χ2v) is 5.72. The van der Waals surface area contributed by atoms with Crippen molar-refractivity contribution in [3.8, 4) is 0 Å². The van der Waals surface area contributed by atoms with Gasteiger partial charge in [-0.25, -0.2) is 13.1 Å². The van der Waals surface area contributed by atoms with Gasteiger partial charge in [-0.1, -0.05) is 6.07 Å². The molecule has 1 rings (SSSR count). The van der Waals surface area contributed by atoms with Crippen molar-refractivity contribution < 1.29 is 18.3 Å². The number of hydrogen-bond donors (Lipinski definition) is 2. The molecule has 0 aliphatic carbocycles. The van der Waals surface area contributed by atoms with Gasteiger partial charge in [0.05, 0.1) is 0 Å². The van der Waals surface area contributed by atoms with E-state index in [0.29, 0.717) is 6.42 Å². The van der Waals surface area contributed by atoms with E-state index in [1.165, 1.54) is 11.3 Å². The molecule has 0 fully saturated rings. The van der Waals surface area contributed by atoms with Gasteiger partial charge in [0, 0.05) is 11.4 Å². The Labute approximate surface area is 91.8 Å². The summed E-state index contributed by atoms with van der Waals surface area (Å²) in [6.45, 7) is 0.232. The molecule has 0 radical (unpaired) electrons. The third-order valence-corrected chi connectivity index (χ3v) is 3.79. The van der Waals surface area contributed by atoms with Crippen molar-refractivity contribution in [1.29, 1.82) is 0 Å². The minimum Gasteiger partial charge on any atom is -0.480 e. The zero-order chi connectivity index (χ0) is 11.3. The molecule has 1 aromatic heterocycles. The fourth-order valence-electron chi connectivity index (χ4n) is 0.998. The zero-order valence-corrected chi connectivity index (χ0v) is 9.47. The van der Waals surface area contributed by atoms with Gasteiger partial charge in [0.25, 0.3) is 0 Å². The topological polar surface area (TPSA) is 83.5 Å². The third-order valence-electron chi connectivity index (χ3n) is 1.59. The summed E-state index contributed by atoms with van der Waals surface area (Å²) in [6, 6.07) is 3.78. The highest BCUT2D eigenvalue weighted by atomic mass is 32.2. The molecule has 7 heteroatoms. The zero-order valence-electron chi connectivity index (χ0n) is 7.84. The summed E-state index contributed by atoms with van der Waals surface area (Å²) in [5.41, 5.74) is 0. The van der Waals surface area contributed by atoms with E-state index in [2.05, 4.69) is 4.72 Å². The molecule has 5 nitrogen and oxygen atoms in total. The molecule has 0 unspecified atom stereocenters. The van der Waals surface area contributed by atoms with E-state index in [-0.39, 0.29) is 6.54 Å². The first-order valence-electron chi connectivity index (χ1n) is 4.21. The predicted molar refractivity (Wildman–Crippen MR) is 57.4 cm³/mol. The number of carboxylic acid groups (broad SMARTS) is 1. The van der Waals surface area contributed by atoms with Crippen LogP contribution in [0.4, 0.5) is 0 Å². The lowest BCUT2D eigenvalue weighted by molar-refractivity contribution is -0.134. The fraction of sp³-hybridized carbons (Fsp3) is 0.375. The molecule has 0 aliphatic rings. The van der Waals surface area contributed by atoms with Gasteiger partial charge in [-0.2, -0.15) is 0 Å². The SMILES string of the molecule is O=C(O)CS(=O)(=O)NCCc1cccs1. The Morgan fingerprint density at radius 3 is 2.80 bits per heavy atom. The largest absolute Gasteiger partial charge is 0.480 e. The van der Waals surface area contributed by atoms with Crippen molar-refractivity contribution in [2.45, 2.75) is 6.42 Å². The van der Waals surface area contributed by atoms with E-state index < -0.39 is 21.7 Å². The van der Waals surface area contributed by atoms with Crippen molar-refractivity contribution in [1.82, 2.24) is 4.72 Å². The van der Waals surface area contributed by atoms with Crippen LogP contribution in [0.2, 0.25) is 0 Å². The molecular formula is C8H11NO4S2. The van der Waals surface area contributed by atoms with Gasteiger partial charge in [-0.05, 0) is 17.9 Å². The minimum absolute atomic E-state index is 0.232. The Bertz CT molecular complexity index is 410. The Morgan fingerprint density at radius 1 is 1.53 bits per heavy atom. The average Bonchev–Trinajstić information content (AvgIpc) is 2.53. The first-order chi connectivity index (χ1) is 6.99. The lowest BCUT2D eigenvalue weighted by Gasteiger charge is -2.02. The number of sulfonamides is 1. The van der Waals surface area contributed by atoms with Gasteiger partial charge in [-0.3, -0.25) is 4.79 Å². The number of hydrogen-bond acceptors (Lipinski definition) is 4. The summed E-state index contributed by atoms with van der Waals surface area (Å²) in [5.74, 6) is -2.23. The molecule has 0 amide bonds.